The van der Waals surface area contributed by atoms with E-state index >= 15 is 0 Å². The average Bonchev–Trinajstić information content (AvgIpc) is 2.46. The molecule has 1 aliphatic rings. The van der Waals surface area contributed by atoms with Crippen molar-refractivity contribution >= 4 is 17.6 Å². The third-order valence-corrected chi connectivity index (χ3v) is 3.74. The minimum atomic E-state index is -0.00210. The van der Waals surface area contributed by atoms with Crippen molar-refractivity contribution < 1.29 is 9.47 Å². The van der Waals surface area contributed by atoms with Crippen LogP contribution in [0.25, 0.3) is 0 Å². The third kappa shape index (κ3) is 4.33. The maximum absolute atomic E-state index is 5.74. The van der Waals surface area contributed by atoms with Gasteiger partial charge in [-0.15, -0.1) is 0 Å². The number of hydrogen-bond donors (Lipinski definition) is 1. The van der Waals surface area contributed by atoms with Crippen molar-refractivity contribution in [3.63, 3.8) is 0 Å². The van der Waals surface area contributed by atoms with Crippen molar-refractivity contribution in [2.24, 2.45) is 0 Å². The maximum atomic E-state index is 5.74. The molecule has 1 aliphatic heterocycles. The second-order valence-electron chi connectivity index (χ2n) is 4.40. The van der Waals surface area contributed by atoms with Crippen LogP contribution in [-0.4, -0.2) is 41.7 Å². The third-order valence-electron chi connectivity index (χ3n) is 2.75. The Hall–Kier alpha value is -0.850. The van der Waals surface area contributed by atoms with Crippen molar-refractivity contribution in [2.75, 3.05) is 37.1 Å². The molecule has 1 unspecified atom stereocenters. The molecule has 1 saturated heterocycles. The lowest BCUT2D eigenvalue weighted by Gasteiger charge is -2.22. The Morgan fingerprint density at radius 1 is 1.53 bits per heavy atom. The van der Waals surface area contributed by atoms with Crippen LogP contribution in [0.1, 0.15) is 31.0 Å². The fraction of sp³-hybridized carbons (Fsp3) is 0.692. The number of ether oxygens (including phenoxy) is 2. The second-order valence-corrected chi connectivity index (χ2v) is 5.55. The molecule has 0 bridgehead atoms. The van der Waals surface area contributed by atoms with E-state index in [2.05, 4.69) is 22.2 Å². The van der Waals surface area contributed by atoms with E-state index in [0.717, 1.165) is 48.4 Å². The molecule has 6 heteroatoms. The highest BCUT2D eigenvalue weighted by atomic mass is 32.2. The van der Waals surface area contributed by atoms with Crippen LogP contribution in [0.5, 0.6) is 0 Å². The van der Waals surface area contributed by atoms with E-state index in [-0.39, 0.29) is 6.10 Å². The van der Waals surface area contributed by atoms with Gasteiger partial charge in [-0.2, -0.15) is 11.8 Å². The molecule has 5 nitrogen and oxygen atoms in total. The van der Waals surface area contributed by atoms with Gasteiger partial charge in [-0.3, -0.25) is 0 Å². The molecule has 106 valence electrons. The maximum Gasteiger partial charge on any atom is 0.160 e. The number of nitrogens with zero attached hydrogens (tertiary/aromatic N) is 2. The Morgan fingerprint density at radius 3 is 3.11 bits per heavy atom. The minimum Gasteiger partial charge on any atom is -0.378 e. The molecule has 0 aliphatic carbocycles. The van der Waals surface area contributed by atoms with Crippen LogP contribution >= 0.6 is 11.8 Å². The summed E-state index contributed by atoms with van der Waals surface area (Å²) in [5, 5.41) is 3.30. The van der Waals surface area contributed by atoms with Crippen molar-refractivity contribution in [1.29, 1.82) is 0 Å². The standard InChI is InChI=1S/C13H21N3O2S/c1-3-4-14-12-7-10(8-17-2)15-13(16-12)11-9-19-6-5-18-11/h7,11H,3-6,8-9H2,1-2H3,(H,14,15,16). The van der Waals surface area contributed by atoms with Crippen LogP contribution in [0.4, 0.5) is 5.82 Å². The summed E-state index contributed by atoms with van der Waals surface area (Å²) in [7, 11) is 1.67. The van der Waals surface area contributed by atoms with Crippen LogP contribution in [0, 0.1) is 0 Å². The van der Waals surface area contributed by atoms with Crippen LogP contribution in [-0.2, 0) is 16.1 Å². The molecule has 2 rings (SSSR count). The number of anilines is 1. The first-order valence-electron chi connectivity index (χ1n) is 6.63. The van der Waals surface area contributed by atoms with Gasteiger partial charge in [0.25, 0.3) is 0 Å². The molecule has 0 radical (unpaired) electrons. The minimum absolute atomic E-state index is 0.00210. The normalized spacial score (nSPS) is 19.4. The Bertz CT molecular complexity index is 397. The molecule has 0 aromatic carbocycles. The smallest absolute Gasteiger partial charge is 0.160 e. The summed E-state index contributed by atoms with van der Waals surface area (Å²) in [5.74, 6) is 3.59. The zero-order valence-corrected chi connectivity index (χ0v) is 12.3. The Morgan fingerprint density at radius 2 is 2.42 bits per heavy atom. The number of methoxy groups -OCH3 is 1. The highest BCUT2D eigenvalue weighted by Gasteiger charge is 2.20. The van der Waals surface area contributed by atoms with Crippen molar-refractivity contribution in [2.45, 2.75) is 26.1 Å². The summed E-state index contributed by atoms with van der Waals surface area (Å²) in [4.78, 5) is 9.10. The molecule has 0 spiro atoms. The van der Waals surface area contributed by atoms with Gasteiger partial charge < -0.3 is 14.8 Å². The lowest BCUT2D eigenvalue weighted by atomic mass is 10.3. The summed E-state index contributed by atoms with van der Waals surface area (Å²) in [6, 6.07) is 1.94. The van der Waals surface area contributed by atoms with Crippen LogP contribution < -0.4 is 5.32 Å². The molecule has 1 N–H and O–H groups in total. The molecule has 1 aromatic rings. The Kier molecular flexibility index (Phi) is 5.88. The molecule has 2 heterocycles. The second kappa shape index (κ2) is 7.67. The van der Waals surface area contributed by atoms with Gasteiger partial charge in [0.15, 0.2) is 5.82 Å². The van der Waals surface area contributed by atoms with Gasteiger partial charge in [0, 0.05) is 31.2 Å². The number of hydrogen-bond acceptors (Lipinski definition) is 6. The van der Waals surface area contributed by atoms with E-state index in [4.69, 9.17) is 9.47 Å². The topological polar surface area (TPSA) is 56.3 Å². The van der Waals surface area contributed by atoms with Crippen LogP contribution in [0.3, 0.4) is 0 Å². The zero-order chi connectivity index (χ0) is 13.5. The van der Waals surface area contributed by atoms with Crippen LogP contribution in [0.15, 0.2) is 6.07 Å². The summed E-state index contributed by atoms with van der Waals surface area (Å²) >= 11 is 1.88. The van der Waals surface area contributed by atoms with Gasteiger partial charge >= 0.3 is 0 Å². The van der Waals surface area contributed by atoms with E-state index < -0.39 is 0 Å². The molecule has 19 heavy (non-hydrogen) atoms. The summed E-state index contributed by atoms with van der Waals surface area (Å²) < 4.78 is 10.9. The van der Waals surface area contributed by atoms with E-state index in [1.807, 2.05) is 17.8 Å². The first kappa shape index (κ1) is 14.6. The molecule has 1 atom stereocenters. The average molecular weight is 283 g/mol. The molecular weight excluding hydrogens is 262 g/mol. The largest absolute Gasteiger partial charge is 0.378 e. The molecule has 0 saturated carbocycles. The van der Waals surface area contributed by atoms with E-state index in [1.165, 1.54) is 0 Å². The fourth-order valence-corrected chi connectivity index (χ4v) is 2.70. The number of nitrogens with one attached hydrogen (secondary N) is 1. The lowest BCUT2D eigenvalue weighted by Crippen LogP contribution is -2.19. The molecule has 0 amide bonds. The number of rotatable bonds is 6. The monoisotopic (exact) mass is 283 g/mol. The van der Waals surface area contributed by atoms with Gasteiger partial charge in [0.1, 0.15) is 11.9 Å². The number of aromatic nitrogens is 2. The summed E-state index contributed by atoms with van der Waals surface area (Å²) in [6.07, 6.45) is 1.06. The van der Waals surface area contributed by atoms with Gasteiger partial charge in [-0.05, 0) is 6.42 Å². The molecule has 1 aromatic heterocycles. The van der Waals surface area contributed by atoms with Gasteiger partial charge in [-0.25, -0.2) is 9.97 Å². The first-order chi connectivity index (χ1) is 9.33. The van der Waals surface area contributed by atoms with Gasteiger partial charge in [-0.1, -0.05) is 6.92 Å². The lowest BCUT2D eigenvalue weighted by molar-refractivity contribution is 0.0689. The number of thioether (sulfide) groups is 1. The summed E-state index contributed by atoms with van der Waals surface area (Å²) in [5.41, 5.74) is 0.894. The van der Waals surface area contributed by atoms with E-state index in [1.54, 1.807) is 7.11 Å². The Labute approximate surface area is 118 Å². The van der Waals surface area contributed by atoms with Crippen molar-refractivity contribution in [3.8, 4) is 0 Å². The summed E-state index contributed by atoms with van der Waals surface area (Å²) in [6.45, 7) is 4.30. The molecular formula is C13H21N3O2S. The van der Waals surface area contributed by atoms with E-state index in [0.29, 0.717) is 6.61 Å². The highest BCUT2D eigenvalue weighted by Crippen LogP contribution is 2.25. The quantitative estimate of drug-likeness (QED) is 0.864. The predicted molar refractivity (Wildman–Crippen MR) is 77.5 cm³/mol. The highest BCUT2D eigenvalue weighted by molar-refractivity contribution is 7.99. The first-order valence-corrected chi connectivity index (χ1v) is 7.79. The van der Waals surface area contributed by atoms with Crippen molar-refractivity contribution in [1.82, 2.24) is 9.97 Å². The molecule has 1 fully saturated rings. The SMILES string of the molecule is CCCNc1cc(COC)nc(C2CSCCO2)n1. The van der Waals surface area contributed by atoms with Crippen molar-refractivity contribution in [3.05, 3.63) is 17.6 Å². The predicted octanol–water partition coefficient (Wildman–Crippen LogP) is 2.25. The fourth-order valence-electron chi connectivity index (χ4n) is 1.86. The zero-order valence-electron chi connectivity index (χ0n) is 11.5. The Balaban J connectivity index is 2.17. The van der Waals surface area contributed by atoms with Gasteiger partial charge in [0.2, 0.25) is 0 Å². The van der Waals surface area contributed by atoms with E-state index in [9.17, 15) is 0 Å². The van der Waals surface area contributed by atoms with Crippen LogP contribution in [0.2, 0.25) is 0 Å². The van der Waals surface area contributed by atoms with Gasteiger partial charge in [0.05, 0.1) is 18.9 Å².